The third kappa shape index (κ3) is 10.7. The van der Waals surface area contributed by atoms with E-state index >= 15 is 0 Å². The van der Waals surface area contributed by atoms with Gasteiger partial charge in [0, 0.05) is 70.7 Å². The number of rotatable bonds is 12. The molecule has 306 valence electrons. The highest BCUT2D eigenvalue weighted by atomic mass is 16.2. The average molecular weight is 775 g/mol. The number of allylic oxidation sites excluding steroid dienone is 2. The zero-order chi connectivity index (χ0) is 39.4. The number of aromatic nitrogens is 2. The number of carbonyl (C=O) groups excluding carboxylic acids is 2. The molecular formula is C47H66N8O2. The molecule has 8 rings (SSSR count). The lowest BCUT2D eigenvalue weighted by Crippen LogP contribution is -2.38. The minimum absolute atomic E-state index is 0.130. The second kappa shape index (κ2) is 20.2. The van der Waals surface area contributed by atoms with Crippen LogP contribution in [0.15, 0.2) is 73.6 Å². The Kier molecular flexibility index (Phi) is 14.4. The number of hydrogen-bond donors (Lipinski definition) is 6. The van der Waals surface area contributed by atoms with Gasteiger partial charge in [-0.1, -0.05) is 24.6 Å². The maximum atomic E-state index is 12.2. The number of amides is 4. The van der Waals surface area contributed by atoms with Crippen molar-refractivity contribution in [3.8, 4) is 0 Å². The van der Waals surface area contributed by atoms with Crippen molar-refractivity contribution in [2.45, 2.75) is 121 Å². The average Bonchev–Trinajstić information content (AvgIpc) is 3.95. The standard InChI is InChI=1S/C24H34N4O.C23H32N4O/c1-2-3-5-13-25-24(29)27-19-9-11-23-21(16-19)22(17-26-23)18-8-10-20-7-4-6-14-28(20)15-12-18;1-2-3-4-5-11-24-23(28)26-18-8-9-22-20(15-18)21(16-25-22)17-10-13-27-12-6-7-19(27)14-17/h2-3,9,11,16-18,20,26H,4-8,10,12-15H2,1H3,(H2,25,27,29);2,8-9,15-17,19,25H,1,3-7,10-14H2,(H2,24,26,28). The molecule has 4 fully saturated rings. The zero-order valence-corrected chi connectivity index (χ0v) is 34.2. The van der Waals surface area contributed by atoms with Gasteiger partial charge in [-0.25, -0.2) is 9.59 Å². The number of H-pyrrole nitrogens is 2. The minimum atomic E-state index is -0.141. The summed E-state index contributed by atoms with van der Waals surface area (Å²) in [6.45, 7) is 12.0. The number of benzene rings is 2. The van der Waals surface area contributed by atoms with Crippen LogP contribution in [0.25, 0.3) is 21.8 Å². The molecule has 4 aromatic rings. The highest BCUT2D eigenvalue weighted by Gasteiger charge is 2.33. The molecule has 6 heterocycles. The summed E-state index contributed by atoms with van der Waals surface area (Å²) in [5.74, 6) is 1.21. The normalized spacial score (nSPS) is 22.6. The van der Waals surface area contributed by atoms with Gasteiger partial charge in [-0.2, -0.15) is 0 Å². The van der Waals surface area contributed by atoms with Crippen molar-refractivity contribution >= 4 is 45.2 Å². The minimum Gasteiger partial charge on any atom is -0.361 e. The van der Waals surface area contributed by atoms with E-state index in [9.17, 15) is 9.59 Å². The highest BCUT2D eigenvalue weighted by molar-refractivity contribution is 5.95. The van der Waals surface area contributed by atoms with Gasteiger partial charge in [0.05, 0.1) is 0 Å². The Hall–Kier alpha value is -4.54. The molecule has 0 saturated carbocycles. The second-order valence-corrected chi connectivity index (χ2v) is 16.7. The molecular weight excluding hydrogens is 709 g/mol. The quantitative estimate of drug-likeness (QED) is 0.0634. The molecule has 10 nitrogen and oxygen atoms in total. The lowest BCUT2D eigenvalue weighted by molar-refractivity contribution is 0.151. The number of nitrogens with one attached hydrogen (secondary N) is 6. The Morgan fingerprint density at radius 1 is 0.702 bits per heavy atom. The molecule has 2 aromatic heterocycles. The number of urea groups is 2. The van der Waals surface area contributed by atoms with Crippen LogP contribution in [0.5, 0.6) is 0 Å². The molecule has 0 bridgehead atoms. The van der Waals surface area contributed by atoms with Crippen molar-refractivity contribution in [3.05, 3.63) is 84.7 Å². The molecule has 0 aliphatic carbocycles. The molecule has 6 N–H and O–H groups in total. The fourth-order valence-electron chi connectivity index (χ4n) is 9.88. The van der Waals surface area contributed by atoms with Gasteiger partial charge in [-0.3, -0.25) is 0 Å². The van der Waals surface area contributed by atoms with Crippen molar-refractivity contribution in [3.63, 3.8) is 0 Å². The van der Waals surface area contributed by atoms with Crippen LogP contribution >= 0.6 is 0 Å². The van der Waals surface area contributed by atoms with Crippen LogP contribution in [0.2, 0.25) is 0 Å². The molecule has 4 saturated heterocycles. The number of hydrogen-bond acceptors (Lipinski definition) is 4. The maximum absolute atomic E-state index is 12.2. The van der Waals surface area contributed by atoms with Gasteiger partial charge < -0.3 is 41.0 Å². The Morgan fingerprint density at radius 2 is 1.33 bits per heavy atom. The fourth-order valence-corrected chi connectivity index (χ4v) is 9.88. The van der Waals surface area contributed by atoms with Crippen molar-refractivity contribution in [1.29, 1.82) is 0 Å². The predicted molar refractivity (Wildman–Crippen MR) is 236 cm³/mol. The van der Waals surface area contributed by atoms with Crippen LogP contribution in [0.4, 0.5) is 21.0 Å². The molecule has 57 heavy (non-hydrogen) atoms. The summed E-state index contributed by atoms with van der Waals surface area (Å²) in [5, 5.41) is 14.3. The fraction of sp³-hybridized carbons (Fsp3) is 0.532. The highest BCUT2D eigenvalue weighted by Crippen LogP contribution is 2.40. The predicted octanol–water partition coefficient (Wildman–Crippen LogP) is 10.4. The number of unbranched alkanes of at least 4 members (excludes halogenated alkanes) is 2. The Balaban J connectivity index is 0.000000174. The number of fused-ring (bicyclic) bond motifs is 4. The van der Waals surface area contributed by atoms with E-state index in [2.05, 4.69) is 90.3 Å². The van der Waals surface area contributed by atoms with Crippen LogP contribution in [-0.2, 0) is 0 Å². The Bertz CT molecular complexity index is 1950. The van der Waals surface area contributed by atoms with E-state index in [1.54, 1.807) is 0 Å². The molecule has 4 amide bonds. The maximum Gasteiger partial charge on any atom is 0.319 e. The number of anilines is 2. The summed E-state index contributed by atoms with van der Waals surface area (Å²) in [7, 11) is 0. The molecule has 2 aromatic carbocycles. The van der Waals surface area contributed by atoms with Crippen LogP contribution in [-0.4, -0.2) is 83.2 Å². The van der Waals surface area contributed by atoms with Gasteiger partial charge in [-0.05, 0) is 176 Å². The first-order chi connectivity index (χ1) is 28.0. The van der Waals surface area contributed by atoms with Gasteiger partial charge in [0.25, 0.3) is 0 Å². The van der Waals surface area contributed by atoms with E-state index in [1.807, 2.05) is 31.2 Å². The lowest BCUT2D eigenvalue weighted by atomic mass is 9.85. The molecule has 4 unspecified atom stereocenters. The summed E-state index contributed by atoms with van der Waals surface area (Å²) in [6, 6.07) is 13.6. The Morgan fingerprint density at radius 3 is 2.04 bits per heavy atom. The smallest absolute Gasteiger partial charge is 0.319 e. The van der Waals surface area contributed by atoms with Gasteiger partial charge in [0.15, 0.2) is 0 Å². The first-order valence-electron chi connectivity index (χ1n) is 22.0. The third-order valence-electron chi connectivity index (χ3n) is 13.0. The largest absolute Gasteiger partial charge is 0.361 e. The Labute approximate surface area is 339 Å². The van der Waals surface area contributed by atoms with Crippen LogP contribution in [0, 0.1) is 0 Å². The van der Waals surface area contributed by atoms with Gasteiger partial charge >= 0.3 is 12.1 Å². The molecule has 4 aliphatic rings. The van der Waals surface area contributed by atoms with E-state index < -0.39 is 0 Å². The SMILES string of the molecule is C=CCCCCNC(=O)Nc1ccc2[nH]cc(C3CCN4CCCC4C3)c2c1.CC=CCCNC(=O)Nc1ccc2[nH]cc(C3CCC4CCCCN4CC3)c2c1. The van der Waals surface area contributed by atoms with E-state index in [-0.39, 0.29) is 12.1 Å². The van der Waals surface area contributed by atoms with Crippen molar-refractivity contribution < 1.29 is 9.59 Å². The van der Waals surface area contributed by atoms with E-state index in [1.165, 1.54) is 112 Å². The number of nitrogens with zero attached hydrogens (tertiary/aromatic N) is 2. The first-order valence-corrected chi connectivity index (χ1v) is 22.0. The lowest BCUT2D eigenvalue weighted by Gasteiger charge is -2.34. The van der Waals surface area contributed by atoms with Crippen molar-refractivity contribution in [1.82, 2.24) is 30.4 Å². The van der Waals surface area contributed by atoms with E-state index in [0.717, 1.165) is 60.2 Å². The summed E-state index contributed by atoms with van der Waals surface area (Å²) >= 11 is 0. The third-order valence-corrected chi connectivity index (χ3v) is 13.0. The van der Waals surface area contributed by atoms with Gasteiger partial charge in [-0.15, -0.1) is 6.58 Å². The van der Waals surface area contributed by atoms with E-state index in [0.29, 0.717) is 24.9 Å². The molecule has 0 radical (unpaired) electrons. The number of aromatic amines is 2. The topological polar surface area (TPSA) is 120 Å². The number of piperidine rings is 2. The number of carbonyl (C=O) groups is 2. The monoisotopic (exact) mass is 775 g/mol. The van der Waals surface area contributed by atoms with Crippen LogP contribution in [0.3, 0.4) is 0 Å². The molecule has 4 atom stereocenters. The van der Waals surface area contributed by atoms with Crippen molar-refractivity contribution in [2.24, 2.45) is 0 Å². The first kappa shape index (κ1) is 40.6. The van der Waals surface area contributed by atoms with Gasteiger partial charge in [0.1, 0.15) is 0 Å². The summed E-state index contributed by atoms with van der Waals surface area (Å²) in [6.07, 6.45) is 27.3. The van der Waals surface area contributed by atoms with Crippen LogP contribution in [0.1, 0.15) is 120 Å². The van der Waals surface area contributed by atoms with Crippen LogP contribution < -0.4 is 21.3 Å². The summed E-state index contributed by atoms with van der Waals surface area (Å²) < 4.78 is 0. The van der Waals surface area contributed by atoms with Gasteiger partial charge in [0.2, 0.25) is 0 Å². The molecule has 4 aliphatic heterocycles. The summed E-state index contributed by atoms with van der Waals surface area (Å²) in [4.78, 5) is 36.6. The molecule has 10 heteroatoms. The van der Waals surface area contributed by atoms with Crippen molar-refractivity contribution in [2.75, 3.05) is 49.9 Å². The van der Waals surface area contributed by atoms with E-state index in [4.69, 9.17) is 0 Å². The molecule has 0 spiro atoms. The second-order valence-electron chi connectivity index (χ2n) is 16.7. The summed E-state index contributed by atoms with van der Waals surface area (Å²) in [5.41, 5.74) is 6.84. The zero-order valence-electron chi connectivity index (χ0n) is 34.2.